The van der Waals surface area contributed by atoms with Gasteiger partial charge < -0.3 is 10.7 Å². The summed E-state index contributed by atoms with van der Waals surface area (Å²) in [7, 11) is 0. The molecule has 0 aromatic carbocycles. The van der Waals surface area contributed by atoms with Gasteiger partial charge in [0.1, 0.15) is 0 Å². The van der Waals surface area contributed by atoms with E-state index >= 15 is 0 Å². The molecule has 0 amide bonds. The van der Waals surface area contributed by atoms with E-state index in [0.717, 1.165) is 0 Å². The minimum atomic E-state index is -0.495. The van der Waals surface area contributed by atoms with Crippen molar-refractivity contribution >= 4 is 6.08 Å². The zero-order chi connectivity index (χ0) is 10.7. The van der Waals surface area contributed by atoms with Gasteiger partial charge in [-0.25, -0.2) is 4.79 Å². The Morgan fingerprint density at radius 2 is 2.00 bits per heavy atom. The van der Waals surface area contributed by atoms with Gasteiger partial charge in [-0.2, -0.15) is 0 Å². The summed E-state index contributed by atoms with van der Waals surface area (Å²) in [6, 6.07) is -0.124. The molecule has 0 fully saturated rings. The molecule has 4 N–H and O–H groups in total. The molecule has 1 aromatic heterocycles. The van der Waals surface area contributed by atoms with Gasteiger partial charge in [0.2, 0.25) is 0 Å². The first kappa shape index (κ1) is 10.5. The van der Waals surface area contributed by atoms with Crippen LogP contribution in [-0.4, -0.2) is 16.0 Å². The highest BCUT2D eigenvalue weighted by Gasteiger charge is 2.01. The second-order valence-corrected chi connectivity index (χ2v) is 3.17. The molecule has 1 unspecified atom stereocenters. The molecule has 5 nitrogen and oxygen atoms in total. The lowest BCUT2D eigenvalue weighted by atomic mass is 10.2. The minimum Gasteiger partial charge on any atom is -0.325 e. The van der Waals surface area contributed by atoms with Crippen molar-refractivity contribution in [1.82, 2.24) is 9.97 Å². The number of rotatable bonds is 2. The van der Waals surface area contributed by atoms with E-state index in [9.17, 15) is 9.59 Å². The summed E-state index contributed by atoms with van der Waals surface area (Å²) >= 11 is 0. The van der Waals surface area contributed by atoms with Crippen molar-refractivity contribution in [1.29, 1.82) is 0 Å². The van der Waals surface area contributed by atoms with Crippen LogP contribution in [0.2, 0.25) is 0 Å². The summed E-state index contributed by atoms with van der Waals surface area (Å²) in [6.07, 6.45) is 3.30. The number of hydrogen-bond acceptors (Lipinski definition) is 3. The molecule has 0 aliphatic rings. The van der Waals surface area contributed by atoms with E-state index in [4.69, 9.17) is 5.73 Å². The number of aromatic nitrogens is 2. The van der Waals surface area contributed by atoms with Crippen LogP contribution >= 0.6 is 0 Å². The molecule has 76 valence electrons. The molecule has 0 radical (unpaired) electrons. The predicted octanol–water partition coefficient (Wildman–Crippen LogP) is -0.268. The fraction of sp³-hybridized carbons (Fsp3) is 0.333. The minimum absolute atomic E-state index is 0.124. The van der Waals surface area contributed by atoms with Crippen LogP contribution in [0.5, 0.6) is 0 Å². The van der Waals surface area contributed by atoms with Gasteiger partial charge in [-0.3, -0.25) is 9.78 Å². The maximum absolute atomic E-state index is 11.3. The summed E-state index contributed by atoms with van der Waals surface area (Å²) in [5.74, 6) is 0. The molecule has 1 atom stereocenters. The van der Waals surface area contributed by atoms with Gasteiger partial charge in [-0.15, -0.1) is 0 Å². The molecule has 1 aromatic rings. The predicted molar refractivity (Wildman–Crippen MR) is 55.1 cm³/mol. The van der Waals surface area contributed by atoms with Crippen LogP contribution in [0.4, 0.5) is 0 Å². The SMILES string of the molecule is Cc1[nH]c(=O)[nH]c(=O)c1/C=C/C(C)N. The molecule has 0 aliphatic carbocycles. The summed E-state index contributed by atoms with van der Waals surface area (Å²) in [5, 5.41) is 0. The lowest BCUT2D eigenvalue weighted by molar-refractivity contribution is 0.928. The van der Waals surface area contributed by atoms with Crippen molar-refractivity contribution < 1.29 is 0 Å². The molecule has 1 rings (SSSR count). The number of H-pyrrole nitrogens is 2. The molecule has 0 saturated carbocycles. The Hall–Kier alpha value is -1.62. The fourth-order valence-electron chi connectivity index (χ4n) is 1.06. The van der Waals surface area contributed by atoms with Crippen molar-refractivity contribution in [2.75, 3.05) is 0 Å². The van der Waals surface area contributed by atoms with Crippen LogP contribution in [0, 0.1) is 6.92 Å². The van der Waals surface area contributed by atoms with Crippen LogP contribution in [-0.2, 0) is 0 Å². The van der Waals surface area contributed by atoms with E-state index in [1.165, 1.54) is 0 Å². The first-order valence-electron chi connectivity index (χ1n) is 4.27. The summed E-state index contributed by atoms with van der Waals surface area (Å²) in [4.78, 5) is 26.8. The maximum atomic E-state index is 11.3. The first-order valence-corrected chi connectivity index (χ1v) is 4.27. The van der Waals surface area contributed by atoms with E-state index in [-0.39, 0.29) is 6.04 Å². The molecule has 5 heteroatoms. The Labute approximate surface area is 80.7 Å². The maximum Gasteiger partial charge on any atom is 0.325 e. The largest absolute Gasteiger partial charge is 0.325 e. The summed E-state index contributed by atoms with van der Waals surface area (Å²) in [6.45, 7) is 3.46. The van der Waals surface area contributed by atoms with Crippen LogP contribution in [0.25, 0.3) is 6.08 Å². The Morgan fingerprint density at radius 1 is 1.36 bits per heavy atom. The topological polar surface area (TPSA) is 91.7 Å². The Kier molecular flexibility index (Phi) is 3.03. The van der Waals surface area contributed by atoms with E-state index in [2.05, 4.69) is 9.97 Å². The van der Waals surface area contributed by atoms with Crippen molar-refractivity contribution in [2.45, 2.75) is 19.9 Å². The number of hydrogen-bond donors (Lipinski definition) is 3. The Morgan fingerprint density at radius 3 is 2.50 bits per heavy atom. The van der Waals surface area contributed by atoms with Gasteiger partial charge in [0.25, 0.3) is 5.56 Å². The molecule has 0 bridgehead atoms. The number of nitrogens with two attached hydrogens (primary N) is 1. The third-order valence-electron chi connectivity index (χ3n) is 1.74. The van der Waals surface area contributed by atoms with Gasteiger partial charge in [0, 0.05) is 11.7 Å². The van der Waals surface area contributed by atoms with Crippen molar-refractivity contribution in [3.63, 3.8) is 0 Å². The van der Waals surface area contributed by atoms with E-state index in [1.54, 1.807) is 26.0 Å². The van der Waals surface area contributed by atoms with Crippen LogP contribution < -0.4 is 17.0 Å². The molecule has 14 heavy (non-hydrogen) atoms. The molecule has 1 heterocycles. The third-order valence-corrected chi connectivity index (χ3v) is 1.74. The normalized spacial score (nSPS) is 13.4. The Balaban J connectivity index is 3.22. The van der Waals surface area contributed by atoms with Crippen LogP contribution in [0.1, 0.15) is 18.2 Å². The summed E-state index contributed by atoms with van der Waals surface area (Å²) in [5.41, 5.74) is 5.57. The van der Waals surface area contributed by atoms with Gasteiger partial charge in [-0.05, 0) is 13.8 Å². The van der Waals surface area contributed by atoms with Crippen LogP contribution in [0.3, 0.4) is 0 Å². The van der Waals surface area contributed by atoms with Crippen LogP contribution in [0.15, 0.2) is 15.7 Å². The Bertz CT molecular complexity index is 454. The number of aromatic amines is 2. The zero-order valence-electron chi connectivity index (χ0n) is 8.13. The monoisotopic (exact) mass is 195 g/mol. The number of nitrogens with one attached hydrogen (secondary N) is 2. The van der Waals surface area contributed by atoms with Gasteiger partial charge >= 0.3 is 5.69 Å². The summed E-state index contributed by atoms with van der Waals surface area (Å²) < 4.78 is 0. The molecular formula is C9H13N3O2. The van der Waals surface area contributed by atoms with Gasteiger partial charge in [-0.1, -0.05) is 12.2 Å². The fourth-order valence-corrected chi connectivity index (χ4v) is 1.06. The lowest BCUT2D eigenvalue weighted by Crippen LogP contribution is -2.25. The quantitative estimate of drug-likeness (QED) is 0.606. The molecule has 0 saturated heterocycles. The first-order chi connectivity index (χ1) is 6.50. The molecular weight excluding hydrogens is 182 g/mol. The number of aryl methyl sites for hydroxylation is 1. The van der Waals surface area contributed by atoms with Gasteiger partial charge in [0.15, 0.2) is 0 Å². The zero-order valence-corrected chi connectivity index (χ0v) is 8.13. The molecule has 0 spiro atoms. The molecule has 0 aliphatic heterocycles. The van der Waals surface area contributed by atoms with E-state index in [1.807, 2.05) is 0 Å². The second-order valence-electron chi connectivity index (χ2n) is 3.17. The average molecular weight is 195 g/mol. The highest BCUT2D eigenvalue weighted by Crippen LogP contribution is 1.98. The van der Waals surface area contributed by atoms with E-state index in [0.29, 0.717) is 11.3 Å². The van der Waals surface area contributed by atoms with Crippen molar-refractivity contribution in [3.8, 4) is 0 Å². The average Bonchev–Trinajstić information content (AvgIpc) is 2.01. The lowest BCUT2D eigenvalue weighted by Gasteiger charge is -1.98. The van der Waals surface area contributed by atoms with Gasteiger partial charge in [0.05, 0.1) is 5.56 Å². The van der Waals surface area contributed by atoms with E-state index < -0.39 is 11.2 Å². The highest BCUT2D eigenvalue weighted by atomic mass is 16.2. The third kappa shape index (κ3) is 2.43. The van der Waals surface area contributed by atoms with Crippen molar-refractivity contribution in [2.24, 2.45) is 5.73 Å². The standard InChI is InChI=1S/C9H13N3O2/c1-5(10)3-4-7-6(2)11-9(14)12-8(7)13/h3-5H,10H2,1-2H3,(H2,11,12,13,14)/b4-3+. The van der Waals surface area contributed by atoms with Crippen molar-refractivity contribution in [3.05, 3.63) is 38.2 Å². The smallest absolute Gasteiger partial charge is 0.325 e. The highest BCUT2D eigenvalue weighted by molar-refractivity contribution is 5.50. The second kappa shape index (κ2) is 4.06.